The van der Waals surface area contributed by atoms with E-state index in [9.17, 15) is 13.2 Å². The Morgan fingerprint density at radius 1 is 1.09 bits per heavy atom. The summed E-state index contributed by atoms with van der Waals surface area (Å²) in [6, 6.07) is 11.5. The van der Waals surface area contributed by atoms with Gasteiger partial charge in [0.15, 0.2) is 11.5 Å². The van der Waals surface area contributed by atoms with E-state index in [1.54, 1.807) is 11.9 Å². The monoisotopic (exact) mass is 556 g/mol. The third-order valence-electron chi connectivity index (χ3n) is 5.02. The van der Waals surface area contributed by atoms with Crippen molar-refractivity contribution in [1.82, 2.24) is 4.72 Å². The van der Waals surface area contributed by atoms with Crippen LogP contribution in [-0.2, 0) is 20.2 Å². The number of halogens is 4. The molecule has 0 unspecified atom stereocenters. The molecule has 0 aliphatic rings. The van der Waals surface area contributed by atoms with E-state index in [0.717, 1.165) is 23.1 Å². The van der Waals surface area contributed by atoms with Crippen LogP contribution in [0.5, 0.6) is 5.75 Å². The van der Waals surface area contributed by atoms with E-state index >= 15 is 0 Å². The fourth-order valence-corrected chi connectivity index (χ4v) is 4.22. The number of ketones is 1. The van der Waals surface area contributed by atoms with Gasteiger partial charge in [-0.05, 0) is 35.4 Å². The van der Waals surface area contributed by atoms with E-state index in [1.807, 2.05) is 36.4 Å². The number of likely N-dealkylation sites (N-methyl/N-ethyl adjacent to an activating group) is 1. The maximum absolute atomic E-state index is 12.0. The predicted molar refractivity (Wildman–Crippen MR) is 140 cm³/mol. The quantitative estimate of drug-likeness (QED) is 0.397. The number of anilines is 1. The molecule has 1 N–H and O–H groups in total. The lowest BCUT2D eigenvalue weighted by atomic mass is 9.78. The van der Waals surface area contributed by atoms with Crippen LogP contribution >= 0.6 is 47.2 Å². The predicted octanol–water partition coefficient (Wildman–Crippen LogP) is 4.91. The Balaban J connectivity index is 0.00000544. The Hall–Kier alpha value is -1.22. The number of benzene rings is 2. The molecular formula is C22H28Cl4N2O4S. The van der Waals surface area contributed by atoms with Gasteiger partial charge in [-0.15, -0.1) is 24.0 Å². The first-order valence-electron chi connectivity index (χ1n) is 9.81. The first-order valence-corrected chi connectivity index (χ1v) is 13.0. The van der Waals surface area contributed by atoms with Crippen LogP contribution in [0.4, 0.5) is 5.69 Å². The van der Waals surface area contributed by atoms with Crippen molar-refractivity contribution in [3.63, 3.8) is 0 Å². The third-order valence-corrected chi connectivity index (χ3v) is 6.40. The van der Waals surface area contributed by atoms with Gasteiger partial charge in [0, 0.05) is 18.2 Å². The molecule has 0 radical (unpaired) electrons. The number of ether oxygens (including phenoxy) is 1. The van der Waals surface area contributed by atoms with E-state index in [1.165, 1.54) is 0 Å². The molecule has 2 aromatic carbocycles. The van der Waals surface area contributed by atoms with Gasteiger partial charge in [-0.1, -0.05) is 49.2 Å². The Morgan fingerprint density at radius 3 is 2.12 bits per heavy atom. The molecule has 2 aromatic rings. The SMILES string of the molecule is CN(CC(=O)CNS(C)(=O)=O)c1ccc(C(C)(C)c2cc(Cl)c(OCCCl)c(Cl)c2)cc1.Cl. The standard InChI is InChI=1S/C22H27Cl3N2O4S.ClH/c1-22(2,16-11-19(24)21(20(25)12-16)31-10-9-23)15-5-7-17(8-6-15)27(3)14-18(28)13-26-32(4,29)30;/h5-8,11-12,26H,9-10,13-14H2,1-4H3;1H. The number of hydrogen-bond acceptors (Lipinski definition) is 5. The number of sulfonamides is 1. The van der Waals surface area contributed by atoms with Gasteiger partial charge in [-0.2, -0.15) is 0 Å². The summed E-state index contributed by atoms with van der Waals surface area (Å²) in [5.74, 6) is 0.518. The van der Waals surface area contributed by atoms with Crippen LogP contribution in [0.25, 0.3) is 0 Å². The van der Waals surface area contributed by atoms with Gasteiger partial charge in [0.2, 0.25) is 10.0 Å². The minimum Gasteiger partial charge on any atom is -0.489 e. The maximum atomic E-state index is 12.0. The first-order chi connectivity index (χ1) is 14.8. The molecule has 2 rings (SSSR count). The van der Waals surface area contributed by atoms with Crippen molar-refractivity contribution in [3.05, 3.63) is 57.6 Å². The van der Waals surface area contributed by atoms with E-state index in [4.69, 9.17) is 39.5 Å². The second-order valence-electron chi connectivity index (χ2n) is 7.97. The second kappa shape index (κ2) is 12.5. The van der Waals surface area contributed by atoms with Crippen molar-refractivity contribution in [1.29, 1.82) is 0 Å². The topological polar surface area (TPSA) is 75.7 Å². The van der Waals surface area contributed by atoms with Crippen molar-refractivity contribution in [2.45, 2.75) is 19.3 Å². The summed E-state index contributed by atoms with van der Waals surface area (Å²) in [4.78, 5) is 13.8. The number of alkyl halides is 1. The van der Waals surface area contributed by atoms with Crippen LogP contribution in [0.3, 0.4) is 0 Å². The van der Waals surface area contributed by atoms with Gasteiger partial charge >= 0.3 is 0 Å². The number of carbonyl (C=O) groups excluding carboxylic acids is 1. The molecule has 0 saturated heterocycles. The summed E-state index contributed by atoms with van der Waals surface area (Å²) < 4.78 is 30.0. The fourth-order valence-electron chi connectivity index (χ4n) is 3.12. The van der Waals surface area contributed by atoms with Crippen molar-refractivity contribution in [3.8, 4) is 5.75 Å². The highest BCUT2D eigenvalue weighted by Gasteiger charge is 2.26. The highest BCUT2D eigenvalue weighted by atomic mass is 35.5. The Labute approximate surface area is 217 Å². The van der Waals surface area contributed by atoms with Gasteiger partial charge in [-0.3, -0.25) is 4.79 Å². The molecule has 0 aliphatic heterocycles. The summed E-state index contributed by atoms with van der Waals surface area (Å²) in [6.07, 6.45) is 1.02. The molecule has 0 saturated carbocycles. The smallest absolute Gasteiger partial charge is 0.209 e. The summed E-state index contributed by atoms with van der Waals surface area (Å²) >= 11 is 18.5. The van der Waals surface area contributed by atoms with Crippen molar-refractivity contribution in [2.24, 2.45) is 0 Å². The van der Waals surface area contributed by atoms with Gasteiger partial charge in [-0.25, -0.2) is 13.1 Å². The van der Waals surface area contributed by atoms with Crippen LogP contribution in [0.2, 0.25) is 10.0 Å². The molecule has 0 bridgehead atoms. The highest BCUT2D eigenvalue weighted by Crippen LogP contribution is 2.40. The van der Waals surface area contributed by atoms with Gasteiger partial charge in [0.05, 0.1) is 35.3 Å². The first kappa shape index (κ1) is 29.8. The highest BCUT2D eigenvalue weighted by molar-refractivity contribution is 7.88. The fraction of sp³-hybridized carbons (Fsp3) is 0.409. The Kier molecular flexibility index (Phi) is 11.3. The van der Waals surface area contributed by atoms with Crippen LogP contribution in [-0.4, -0.2) is 53.1 Å². The van der Waals surface area contributed by atoms with Crippen molar-refractivity contribution < 1.29 is 17.9 Å². The molecule has 0 heterocycles. The number of hydrogen-bond donors (Lipinski definition) is 1. The molecular weight excluding hydrogens is 530 g/mol. The number of nitrogens with zero attached hydrogens (tertiary/aromatic N) is 1. The van der Waals surface area contributed by atoms with Crippen LogP contribution in [0.1, 0.15) is 25.0 Å². The lowest BCUT2D eigenvalue weighted by Gasteiger charge is -2.28. The van der Waals surface area contributed by atoms with Gasteiger partial charge in [0.25, 0.3) is 0 Å². The normalized spacial score (nSPS) is 11.6. The lowest BCUT2D eigenvalue weighted by Crippen LogP contribution is -2.35. The van der Waals surface area contributed by atoms with E-state index in [0.29, 0.717) is 28.3 Å². The zero-order valence-corrected chi connectivity index (χ0v) is 22.7. The van der Waals surface area contributed by atoms with Crippen molar-refractivity contribution in [2.75, 3.05) is 43.8 Å². The Bertz CT molecular complexity index is 1040. The average molecular weight is 558 g/mol. The zero-order valence-electron chi connectivity index (χ0n) is 18.8. The molecule has 0 fully saturated rings. The molecule has 0 aliphatic carbocycles. The van der Waals surface area contributed by atoms with Crippen LogP contribution < -0.4 is 14.4 Å². The maximum Gasteiger partial charge on any atom is 0.209 e. The van der Waals surface area contributed by atoms with Crippen molar-refractivity contribution >= 4 is 68.7 Å². The Morgan fingerprint density at radius 2 is 1.64 bits per heavy atom. The summed E-state index contributed by atoms with van der Waals surface area (Å²) in [6.45, 7) is 4.28. The van der Waals surface area contributed by atoms with Crippen LogP contribution in [0, 0.1) is 0 Å². The molecule has 0 spiro atoms. The second-order valence-corrected chi connectivity index (χ2v) is 11.0. The number of rotatable bonds is 11. The van der Waals surface area contributed by atoms with Gasteiger partial charge < -0.3 is 9.64 Å². The summed E-state index contributed by atoms with van der Waals surface area (Å²) in [5.41, 5.74) is 2.39. The van der Waals surface area contributed by atoms with Gasteiger partial charge in [0.1, 0.15) is 6.61 Å². The average Bonchev–Trinajstić information content (AvgIpc) is 2.71. The molecule has 0 atom stereocenters. The number of Topliss-reactive ketones (excluding diaryl/α,β-unsaturated/α-hetero) is 1. The molecule has 0 amide bonds. The van der Waals surface area contributed by atoms with E-state index < -0.39 is 15.4 Å². The molecule has 6 nitrogen and oxygen atoms in total. The molecule has 33 heavy (non-hydrogen) atoms. The van der Waals surface area contributed by atoms with E-state index in [-0.39, 0.29) is 31.3 Å². The minimum atomic E-state index is -3.40. The summed E-state index contributed by atoms with van der Waals surface area (Å²) in [5, 5.41) is 0.839. The summed E-state index contributed by atoms with van der Waals surface area (Å²) in [7, 11) is -1.63. The molecule has 0 aromatic heterocycles. The third kappa shape index (κ3) is 8.50. The zero-order chi connectivity index (χ0) is 24.1. The lowest BCUT2D eigenvalue weighted by molar-refractivity contribution is -0.116. The number of nitrogens with one attached hydrogen (secondary N) is 1. The molecule has 184 valence electrons. The minimum absolute atomic E-state index is 0. The van der Waals surface area contributed by atoms with Crippen LogP contribution in [0.15, 0.2) is 36.4 Å². The largest absolute Gasteiger partial charge is 0.489 e. The number of carbonyl (C=O) groups is 1. The molecule has 11 heteroatoms. The van der Waals surface area contributed by atoms with E-state index in [2.05, 4.69) is 18.6 Å².